The average molecular weight is 336 g/mol. The van der Waals surface area contributed by atoms with Crippen LogP contribution in [0.2, 0.25) is 0 Å². The van der Waals surface area contributed by atoms with Crippen LogP contribution in [-0.4, -0.2) is 18.1 Å². The fraction of sp³-hybridized carbons (Fsp3) is 1.00. The van der Waals surface area contributed by atoms with E-state index in [2.05, 4.69) is 27.3 Å². The largest absolute Gasteiger partial charge is 1.00 e. The van der Waals surface area contributed by atoms with E-state index in [1.165, 1.54) is 0 Å². The molecule has 0 amide bonds. The molecule has 4 heteroatoms. The van der Waals surface area contributed by atoms with Crippen molar-refractivity contribution in [2.45, 2.75) is 0 Å². The molecule has 0 aromatic carbocycles. The van der Waals surface area contributed by atoms with Gasteiger partial charge in [0.25, 0.3) is 0 Å². The van der Waals surface area contributed by atoms with E-state index in [0.29, 0.717) is 0 Å². The molecule has 0 aromatic rings. The van der Waals surface area contributed by atoms with E-state index >= 15 is 0 Å². The van der Waals surface area contributed by atoms with Crippen molar-refractivity contribution in [3.63, 3.8) is 0 Å². The summed E-state index contributed by atoms with van der Waals surface area (Å²) >= 11 is 2.26. The van der Waals surface area contributed by atoms with E-state index in [1.807, 2.05) is 0 Å². The molecular weight excluding hydrogens is 329 g/mol. The summed E-state index contributed by atoms with van der Waals surface area (Å²) in [5, 5.41) is 0. The SMILES string of the molecule is COCCI.[I-].[Na+]. The van der Waals surface area contributed by atoms with Gasteiger partial charge in [-0.15, -0.1) is 0 Å². The number of alkyl halides is 1. The quantitative estimate of drug-likeness (QED) is 0.279. The zero-order chi connectivity index (χ0) is 4.12. The van der Waals surface area contributed by atoms with Gasteiger partial charge in [0.15, 0.2) is 0 Å². The van der Waals surface area contributed by atoms with Gasteiger partial charge in [0.05, 0.1) is 6.61 Å². The maximum atomic E-state index is 4.68. The zero-order valence-electron chi connectivity index (χ0n) is 4.58. The Morgan fingerprint density at radius 2 is 2.00 bits per heavy atom. The molecule has 0 saturated heterocycles. The predicted octanol–water partition coefficient (Wildman–Crippen LogP) is -4.92. The Morgan fingerprint density at radius 3 is 2.00 bits per heavy atom. The van der Waals surface area contributed by atoms with Crippen molar-refractivity contribution in [1.82, 2.24) is 0 Å². The van der Waals surface area contributed by atoms with Gasteiger partial charge in [0.1, 0.15) is 0 Å². The maximum Gasteiger partial charge on any atom is 1.00 e. The number of halogens is 2. The number of methoxy groups -OCH3 is 1. The molecule has 0 fully saturated rings. The third kappa shape index (κ3) is 17.8. The Balaban J connectivity index is -0.0000000800. The second-order valence-electron chi connectivity index (χ2n) is 0.682. The van der Waals surface area contributed by atoms with Gasteiger partial charge in [-0.1, -0.05) is 22.6 Å². The molecular formula is C3H7I2NaO. The van der Waals surface area contributed by atoms with Crippen LogP contribution < -0.4 is 53.5 Å². The van der Waals surface area contributed by atoms with Crippen molar-refractivity contribution in [3.8, 4) is 0 Å². The van der Waals surface area contributed by atoms with E-state index < -0.39 is 0 Å². The first kappa shape index (κ1) is 16.2. The van der Waals surface area contributed by atoms with E-state index in [1.54, 1.807) is 7.11 Å². The Hall–Kier alpha value is 2.42. The first-order chi connectivity index (χ1) is 2.41. The predicted molar refractivity (Wildman–Crippen MR) is 30.8 cm³/mol. The van der Waals surface area contributed by atoms with Gasteiger partial charge >= 0.3 is 29.6 Å². The fourth-order valence-electron chi connectivity index (χ4n) is 0.0772. The molecule has 0 radical (unpaired) electrons. The molecule has 0 aliphatic heterocycles. The van der Waals surface area contributed by atoms with Crippen LogP contribution >= 0.6 is 22.6 Å². The van der Waals surface area contributed by atoms with Crippen molar-refractivity contribution in [3.05, 3.63) is 0 Å². The summed E-state index contributed by atoms with van der Waals surface area (Å²) < 4.78 is 5.78. The molecule has 40 valence electrons. The molecule has 0 saturated carbocycles. The molecule has 0 atom stereocenters. The average Bonchev–Trinajstić information content (AvgIpc) is 1.41. The smallest absolute Gasteiger partial charge is 1.00 e. The standard InChI is InChI=1S/C3H7IO.HI.Na/c1-5-3-2-4;;/h2-3H2,1H3;1H;/q;;+1/p-1. The fourth-order valence-corrected chi connectivity index (χ4v) is 0.518. The molecule has 0 spiro atoms. The minimum absolute atomic E-state index is 0. The summed E-state index contributed by atoms with van der Waals surface area (Å²) in [5.41, 5.74) is 0. The number of hydrogen-bond acceptors (Lipinski definition) is 1. The summed E-state index contributed by atoms with van der Waals surface area (Å²) in [6.45, 7) is 0.876. The Kier molecular flexibility index (Phi) is 36.5. The summed E-state index contributed by atoms with van der Waals surface area (Å²) in [7, 11) is 1.71. The molecule has 0 aliphatic rings. The van der Waals surface area contributed by atoms with Crippen LogP contribution in [0.25, 0.3) is 0 Å². The van der Waals surface area contributed by atoms with Gasteiger partial charge in [-0.05, 0) is 0 Å². The van der Waals surface area contributed by atoms with Gasteiger partial charge in [-0.3, -0.25) is 0 Å². The topological polar surface area (TPSA) is 9.23 Å². The minimum atomic E-state index is 0. The molecule has 0 unspecified atom stereocenters. The summed E-state index contributed by atoms with van der Waals surface area (Å²) in [4.78, 5) is 0. The Labute approximate surface area is 97.4 Å². The van der Waals surface area contributed by atoms with Crippen molar-refractivity contribution in [1.29, 1.82) is 0 Å². The maximum absolute atomic E-state index is 4.68. The molecule has 0 aromatic heterocycles. The van der Waals surface area contributed by atoms with Crippen LogP contribution in [0, 0.1) is 0 Å². The van der Waals surface area contributed by atoms with E-state index in [4.69, 9.17) is 0 Å². The van der Waals surface area contributed by atoms with E-state index in [-0.39, 0.29) is 53.5 Å². The first-order valence-corrected chi connectivity index (χ1v) is 2.99. The number of ether oxygens (including phenoxy) is 1. The first-order valence-electron chi connectivity index (χ1n) is 1.46. The third-order valence-electron chi connectivity index (χ3n) is 0.281. The van der Waals surface area contributed by atoms with Gasteiger partial charge in [0, 0.05) is 11.5 Å². The van der Waals surface area contributed by atoms with Gasteiger partial charge in [-0.25, -0.2) is 0 Å². The Morgan fingerprint density at radius 1 is 1.57 bits per heavy atom. The van der Waals surface area contributed by atoms with Gasteiger partial charge in [0.2, 0.25) is 0 Å². The van der Waals surface area contributed by atoms with Crippen LogP contribution in [-0.2, 0) is 4.74 Å². The monoisotopic (exact) mass is 336 g/mol. The zero-order valence-corrected chi connectivity index (χ0v) is 10.9. The normalized spacial score (nSPS) is 6.00. The number of rotatable bonds is 2. The molecule has 0 bridgehead atoms. The van der Waals surface area contributed by atoms with Crippen LogP contribution in [0.3, 0.4) is 0 Å². The van der Waals surface area contributed by atoms with Crippen molar-refractivity contribution in [2.24, 2.45) is 0 Å². The third-order valence-corrected chi connectivity index (χ3v) is 0.722. The molecule has 0 N–H and O–H groups in total. The second-order valence-corrected chi connectivity index (χ2v) is 1.76. The molecule has 7 heavy (non-hydrogen) atoms. The van der Waals surface area contributed by atoms with Crippen LogP contribution in [0.15, 0.2) is 0 Å². The summed E-state index contributed by atoms with van der Waals surface area (Å²) in [5.74, 6) is 0. The summed E-state index contributed by atoms with van der Waals surface area (Å²) in [6.07, 6.45) is 0. The van der Waals surface area contributed by atoms with Gasteiger partial charge < -0.3 is 28.7 Å². The molecule has 0 rings (SSSR count). The second kappa shape index (κ2) is 15.8. The van der Waals surface area contributed by atoms with Crippen molar-refractivity contribution < 1.29 is 58.3 Å². The van der Waals surface area contributed by atoms with E-state index in [9.17, 15) is 0 Å². The number of hydrogen-bond donors (Lipinski definition) is 0. The van der Waals surface area contributed by atoms with Crippen molar-refractivity contribution in [2.75, 3.05) is 18.1 Å². The van der Waals surface area contributed by atoms with Gasteiger partial charge in [-0.2, -0.15) is 0 Å². The Bertz CT molecular complexity index is 20.4. The molecule has 0 aliphatic carbocycles. The van der Waals surface area contributed by atoms with E-state index in [0.717, 1.165) is 11.0 Å². The van der Waals surface area contributed by atoms with Crippen molar-refractivity contribution >= 4 is 22.6 Å². The molecule has 0 heterocycles. The van der Waals surface area contributed by atoms with Crippen LogP contribution in [0.5, 0.6) is 0 Å². The van der Waals surface area contributed by atoms with Crippen LogP contribution in [0.1, 0.15) is 0 Å². The summed E-state index contributed by atoms with van der Waals surface area (Å²) in [6, 6.07) is 0. The van der Waals surface area contributed by atoms with Crippen LogP contribution in [0.4, 0.5) is 0 Å². The minimum Gasteiger partial charge on any atom is -1.00 e. The molecule has 1 nitrogen and oxygen atoms in total.